The van der Waals surface area contributed by atoms with Gasteiger partial charge in [-0.05, 0) is 57.3 Å². The highest BCUT2D eigenvalue weighted by molar-refractivity contribution is 6.23. The third-order valence-electron chi connectivity index (χ3n) is 8.95. The maximum Gasteiger partial charge on any atom is 0.160 e. The van der Waals surface area contributed by atoms with Crippen LogP contribution < -0.4 is 5.32 Å². The van der Waals surface area contributed by atoms with E-state index in [1.807, 2.05) is 48.5 Å². The molecule has 7 aromatic carbocycles. The average Bonchev–Trinajstić information content (AvgIpc) is 3.55. The molecule has 222 valence electrons. The largest absolute Gasteiger partial charge is 0.455 e. The van der Waals surface area contributed by atoms with Gasteiger partial charge in [0.1, 0.15) is 23.2 Å². The van der Waals surface area contributed by atoms with Crippen molar-refractivity contribution < 1.29 is 4.42 Å². The van der Waals surface area contributed by atoms with Crippen molar-refractivity contribution in [1.29, 1.82) is 0 Å². The molecule has 0 fully saturated rings. The van der Waals surface area contributed by atoms with Gasteiger partial charge in [-0.2, -0.15) is 0 Å². The molecule has 2 heterocycles. The second-order valence-corrected chi connectivity index (χ2v) is 11.8. The molecule has 0 radical (unpaired) electrons. The standard InChI is InChI=1S/C43H29N3O/c1-3-12-31(13-4-1)41-44-42(32-14-5-2-6-15-32)46-43(45-41)37-26-25-35(40-39(37)36-17-9-10-18-38(36)47-40)30-22-19-29(20-23-30)34-24-21-28-11-7-8-16-33(28)27-34/h1-27,41H,(H,44,45,46). The molecule has 0 saturated carbocycles. The van der Waals surface area contributed by atoms with Crippen LogP contribution in [0.15, 0.2) is 178 Å². The van der Waals surface area contributed by atoms with Crippen LogP contribution >= 0.6 is 0 Å². The third-order valence-corrected chi connectivity index (χ3v) is 8.95. The number of amidine groups is 2. The van der Waals surface area contributed by atoms with Crippen LogP contribution in [0.2, 0.25) is 0 Å². The van der Waals surface area contributed by atoms with Crippen LogP contribution in [0.1, 0.15) is 22.9 Å². The fourth-order valence-electron chi connectivity index (χ4n) is 6.57. The van der Waals surface area contributed by atoms with Crippen molar-refractivity contribution in [3.05, 3.63) is 180 Å². The van der Waals surface area contributed by atoms with Crippen LogP contribution in [-0.4, -0.2) is 11.7 Å². The van der Waals surface area contributed by atoms with Crippen LogP contribution in [0, 0.1) is 0 Å². The summed E-state index contributed by atoms with van der Waals surface area (Å²) < 4.78 is 6.64. The van der Waals surface area contributed by atoms with Crippen LogP contribution in [0.5, 0.6) is 0 Å². The Bertz CT molecular complexity index is 2480. The summed E-state index contributed by atoms with van der Waals surface area (Å²) in [4.78, 5) is 10.3. The summed E-state index contributed by atoms with van der Waals surface area (Å²) in [5.41, 5.74) is 9.19. The lowest BCUT2D eigenvalue weighted by atomic mass is 9.95. The molecule has 9 rings (SSSR count). The molecule has 1 aliphatic rings. The van der Waals surface area contributed by atoms with Gasteiger partial charge in [-0.1, -0.05) is 140 Å². The number of hydrogen-bond donors (Lipinski definition) is 1. The summed E-state index contributed by atoms with van der Waals surface area (Å²) in [5, 5.41) is 8.11. The van der Waals surface area contributed by atoms with Gasteiger partial charge in [0.2, 0.25) is 0 Å². The lowest BCUT2D eigenvalue weighted by Gasteiger charge is -2.24. The van der Waals surface area contributed by atoms with E-state index in [4.69, 9.17) is 14.4 Å². The van der Waals surface area contributed by atoms with Crippen molar-refractivity contribution in [2.75, 3.05) is 0 Å². The van der Waals surface area contributed by atoms with Crippen molar-refractivity contribution >= 4 is 44.4 Å². The molecular weight excluding hydrogens is 574 g/mol. The summed E-state index contributed by atoms with van der Waals surface area (Å²) in [7, 11) is 0. The summed E-state index contributed by atoms with van der Waals surface area (Å²) in [5.74, 6) is 1.46. The van der Waals surface area contributed by atoms with Gasteiger partial charge in [-0.3, -0.25) is 0 Å². The molecule has 1 unspecified atom stereocenters. The molecule has 47 heavy (non-hydrogen) atoms. The Morgan fingerprint density at radius 3 is 2.00 bits per heavy atom. The predicted molar refractivity (Wildman–Crippen MR) is 194 cm³/mol. The number of para-hydroxylation sites is 1. The molecule has 1 N–H and O–H groups in total. The van der Waals surface area contributed by atoms with E-state index in [0.717, 1.165) is 55.6 Å². The second-order valence-electron chi connectivity index (χ2n) is 11.8. The number of aliphatic imine (C=N–C) groups is 2. The summed E-state index contributed by atoms with van der Waals surface area (Å²) in [6, 6.07) is 56.9. The van der Waals surface area contributed by atoms with Crippen LogP contribution in [0.3, 0.4) is 0 Å². The Hall–Kier alpha value is -6.26. The maximum absolute atomic E-state index is 6.64. The van der Waals surface area contributed by atoms with Crippen molar-refractivity contribution in [3.8, 4) is 22.3 Å². The van der Waals surface area contributed by atoms with E-state index < -0.39 is 0 Å². The van der Waals surface area contributed by atoms with Gasteiger partial charge in [0.05, 0.1) is 0 Å². The van der Waals surface area contributed by atoms with E-state index in [2.05, 4.69) is 121 Å². The summed E-state index contributed by atoms with van der Waals surface area (Å²) in [6.07, 6.45) is -0.283. The first-order valence-electron chi connectivity index (χ1n) is 15.9. The van der Waals surface area contributed by atoms with E-state index in [0.29, 0.717) is 5.84 Å². The van der Waals surface area contributed by atoms with Crippen LogP contribution in [-0.2, 0) is 0 Å². The number of benzene rings is 7. The minimum absolute atomic E-state index is 0.283. The highest BCUT2D eigenvalue weighted by atomic mass is 16.3. The Balaban J connectivity index is 1.19. The van der Waals surface area contributed by atoms with Gasteiger partial charge in [-0.15, -0.1) is 0 Å². The Kier molecular flexibility index (Phi) is 6.50. The molecule has 0 bridgehead atoms. The fourth-order valence-corrected chi connectivity index (χ4v) is 6.57. The van der Waals surface area contributed by atoms with E-state index in [1.165, 1.54) is 21.9 Å². The van der Waals surface area contributed by atoms with Crippen molar-refractivity contribution in [3.63, 3.8) is 0 Å². The molecular formula is C43H29N3O. The van der Waals surface area contributed by atoms with Crippen molar-refractivity contribution in [1.82, 2.24) is 5.32 Å². The summed E-state index contributed by atoms with van der Waals surface area (Å²) in [6.45, 7) is 0. The minimum atomic E-state index is -0.283. The van der Waals surface area contributed by atoms with Gasteiger partial charge >= 0.3 is 0 Å². The molecule has 0 amide bonds. The topological polar surface area (TPSA) is 49.9 Å². The molecule has 0 spiro atoms. The van der Waals surface area contributed by atoms with E-state index in [1.54, 1.807) is 0 Å². The zero-order valence-corrected chi connectivity index (χ0v) is 25.5. The molecule has 8 aromatic rings. The first-order valence-corrected chi connectivity index (χ1v) is 15.9. The average molecular weight is 604 g/mol. The molecule has 1 atom stereocenters. The fraction of sp³-hybridized carbons (Fsp3) is 0.0233. The van der Waals surface area contributed by atoms with E-state index >= 15 is 0 Å². The maximum atomic E-state index is 6.64. The zero-order chi connectivity index (χ0) is 31.2. The number of hydrogen-bond acceptors (Lipinski definition) is 4. The highest BCUT2D eigenvalue weighted by Gasteiger charge is 2.24. The smallest absolute Gasteiger partial charge is 0.160 e. The van der Waals surface area contributed by atoms with E-state index in [9.17, 15) is 0 Å². The predicted octanol–water partition coefficient (Wildman–Crippen LogP) is 10.6. The molecule has 1 aliphatic heterocycles. The zero-order valence-electron chi connectivity index (χ0n) is 25.5. The number of nitrogens with one attached hydrogen (secondary N) is 1. The van der Waals surface area contributed by atoms with Gasteiger partial charge < -0.3 is 9.73 Å². The van der Waals surface area contributed by atoms with Crippen LogP contribution in [0.25, 0.3) is 55.0 Å². The molecule has 1 aromatic heterocycles. The molecule has 0 aliphatic carbocycles. The Labute approximate surface area is 272 Å². The molecule has 4 heteroatoms. The SMILES string of the molecule is c1ccc(C2=NC(c3ccc(-c4ccc(-c5ccc6ccccc6c5)cc4)c4oc5ccccc5c34)=NC(c3ccccc3)N2)cc1. The van der Waals surface area contributed by atoms with Gasteiger partial charge in [-0.25, -0.2) is 9.98 Å². The van der Waals surface area contributed by atoms with E-state index in [-0.39, 0.29) is 6.17 Å². The van der Waals surface area contributed by atoms with Gasteiger partial charge in [0.25, 0.3) is 0 Å². The molecule has 4 nitrogen and oxygen atoms in total. The van der Waals surface area contributed by atoms with Crippen molar-refractivity contribution in [2.45, 2.75) is 6.17 Å². The number of furan rings is 1. The van der Waals surface area contributed by atoms with Gasteiger partial charge in [0.15, 0.2) is 5.84 Å². The first kappa shape index (κ1) is 27.1. The number of nitrogens with zero attached hydrogens (tertiary/aromatic N) is 2. The van der Waals surface area contributed by atoms with Gasteiger partial charge in [0, 0.05) is 27.5 Å². The monoisotopic (exact) mass is 603 g/mol. The molecule has 0 saturated heterocycles. The van der Waals surface area contributed by atoms with Crippen LogP contribution in [0.4, 0.5) is 0 Å². The Morgan fingerprint density at radius 2 is 1.17 bits per heavy atom. The third kappa shape index (κ3) is 4.88. The lowest BCUT2D eigenvalue weighted by Crippen LogP contribution is -2.33. The number of fused-ring (bicyclic) bond motifs is 4. The second kappa shape index (κ2) is 11.3. The Morgan fingerprint density at radius 1 is 0.511 bits per heavy atom. The first-order chi connectivity index (χ1) is 23.3. The quantitative estimate of drug-likeness (QED) is 0.213. The summed E-state index contributed by atoms with van der Waals surface area (Å²) >= 11 is 0. The van der Waals surface area contributed by atoms with Crippen molar-refractivity contribution in [2.24, 2.45) is 9.98 Å². The number of rotatable bonds is 5. The normalized spacial score (nSPS) is 14.6. The minimum Gasteiger partial charge on any atom is -0.455 e. The highest BCUT2D eigenvalue weighted by Crippen LogP contribution is 2.39. The lowest BCUT2D eigenvalue weighted by molar-refractivity contribution is 0.669.